The number of hydrogen-bond donors (Lipinski definition) is 1. The van der Waals surface area contributed by atoms with E-state index in [1.165, 1.54) is 0 Å². The van der Waals surface area contributed by atoms with Gasteiger partial charge in [0.2, 0.25) is 0 Å². The predicted octanol–water partition coefficient (Wildman–Crippen LogP) is 1.65. The highest BCUT2D eigenvalue weighted by Crippen LogP contribution is 2.09. The van der Waals surface area contributed by atoms with Crippen molar-refractivity contribution in [3.05, 3.63) is 36.5 Å². The van der Waals surface area contributed by atoms with E-state index in [4.69, 9.17) is 0 Å². The van der Waals surface area contributed by atoms with Gasteiger partial charge >= 0.3 is 0 Å². The lowest BCUT2D eigenvalue weighted by Crippen LogP contribution is -2.34. The summed E-state index contributed by atoms with van der Waals surface area (Å²) >= 11 is 0. The van der Waals surface area contributed by atoms with Crippen molar-refractivity contribution in [1.82, 2.24) is 5.32 Å². The van der Waals surface area contributed by atoms with Crippen LogP contribution >= 0.6 is 0 Å². The van der Waals surface area contributed by atoms with Gasteiger partial charge in [-0.25, -0.2) is 0 Å². The molecule has 54 valence electrons. The van der Waals surface area contributed by atoms with E-state index in [0.29, 0.717) is 0 Å². The molecule has 0 radical (unpaired) electrons. The van der Waals surface area contributed by atoms with E-state index in [-0.39, 0.29) is 5.54 Å². The highest BCUT2D eigenvalue weighted by atomic mass is 14.9. The zero-order valence-electron chi connectivity index (χ0n) is 6.46. The van der Waals surface area contributed by atoms with Crippen molar-refractivity contribution < 1.29 is 0 Å². The van der Waals surface area contributed by atoms with E-state index in [2.05, 4.69) is 36.5 Å². The molecule has 0 saturated heterocycles. The molecule has 0 unspecified atom stereocenters. The first-order valence-corrected chi connectivity index (χ1v) is 3.49. The summed E-state index contributed by atoms with van der Waals surface area (Å²) in [6.07, 6.45) is 12.4. The molecule has 1 aliphatic rings. The van der Waals surface area contributed by atoms with Gasteiger partial charge in [-0.15, -0.1) is 0 Å². The molecule has 0 atom stereocenters. The number of rotatable bonds is 1. The minimum absolute atomic E-state index is 0.0312. The molecule has 1 rings (SSSR count). The Morgan fingerprint density at radius 2 is 1.50 bits per heavy atom. The maximum absolute atomic E-state index is 3.21. The van der Waals surface area contributed by atoms with Gasteiger partial charge in [0.05, 0.1) is 5.54 Å². The standard InChI is InChI=1S/C9H13N/c1-9(10-2)7-5-3-4-6-8-9/h3-8,10H,1-2H3. The second kappa shape index (κ2) is 2.84. The van der Waals surface area contributed by atoms with E-state index < -0.39 is 0 Å². The SMILES string of the molecule is CNC1(C)C=CC=CC=C1. The molecule has 0 bridgehead atoms. The Bertz CT molecular complexity index is 171. The highest BCUT2D eigenvalue weighted by molar-refractivity contribution is 5.27. The van der Waals surface area contributed by atoms with Crippen LogP contribution in [0.5, 0.6) is 0 Å². The van der Waals surface area contributed by atoms with Crippen molar-refractivity contribution >= 4 is 0 Å². The predicted molar refractivity (Wildman–Crippen MR) is 44.9 cm³/mol. The fourth-order valence-electron chi connectivity index (χ4n) is 0.861. The van der Waals surface area contributed by atoms with E-state index in [9.17, 15) is 0 Å². The molecule has 1 nitrogen and oxygen atoms in total. The first-order chi connectivity index (χ1) is 4.77. The molecule has 10 heavy (non-hydrogen) atoms. The zero-order chi connectivity index (χ0) is 7.45. The normalized spacial score (nSPS) is 21.0. The molecule has 0 aromatic rings. The summed E-state index contributed by atoms with van der Waals surface area (Å²) in [6.45, 7) is 2.13. The number of allylic oxidation sites excluding steroid dienone is 4. The second-order valence-electron chi connectivity index (χ2n) is 2.64. The molecule has 0 fully saturated rings. The minimum Gasteiger partial charge on any atom is -0.308 e. The van der Waals surface area contributed by atoms with Crippen LogP contribution in [-0.2, 0) is 0 Å². The van der Waals surface area contributed by atoms with Crippen LogP contribution in [0.1, 0.15) is 6.92 Å². The Balaban J connectivity index is 2.80. The first kappa shape index (κ1) is 7.29. The van der Waals surface area contributed by atoms with Crippen LogP contribution in [0.2, 0.25) is 0 Å². The van der Waals surface area contributed by atoms with Crippen molar-refractivity contribution in [3.63, 3.8) is 0 Å². The summed E-state index contributed by atoms with van der Waals surface area (Å²) in [6, 6.07) is 0. The van der Waals surface area contributed by atoms with Gasteiger partial charge in [-0.05, 0) is 14.0 Å². The lowest BCUT2D eigenvalue weighted by molar-refractivity contribution is 0.589. The summed E-state index contributed by atoms with van der Waals surface area (Å²) in [4.78, 5) is 0. The average molecular weight is 135 g/mol. The van der Waals surface area contributed by atoms with Crippen LogP contribution in [-0.4, -0.2) is 12.6 Å². The topological polar surface area (TPSA) is 12.0 Å². The summed E-state index contributed by atoms with van der Waals surface area (Å²) in [5, 5.41) is 3.21. The molecule has 1 heteroatoms. The lowest BCUT2D eigenvalue weighted by Gasteiger charge is -2.19. The average Bonchev–Trinajstić information content (AvgIpc) is 2.15. The van der Waals surface area contributed by atoms with E-state index in [1.807, 2.05) is 19.2 Å². The molecule has 0 aliphatic heterocycles. The monoisotopic (exact) mass is 135 g/mol. The summed E-state index contributed by atoms with van der Waals surface area (Å²) in [5.41, 5.74) is 0.0312. The largest absolute Gasteiger partial charge is 0.308 e. The highest BCUT2D eigenvalue weighted by Gasteiger charge is 2.12. The smallest absolute Gasteiger partial charge is 0.0525 e. The Morgan fingerprint density at radius 3 is 1.90 bits per heavy atom. The molecule has 0 aromatic heterocycles. The van der Waals surface area contributed by atoms with Gasteiger partial charge in [0.1, 0.15) is 0 Å². The number of nitrogens with one attached hydrogen (secondary N) is 1. The third-order valence-electron chi connectivity index (χ3n) is 1.76. The maximum Gasteiger partial charge on any atom is 0.0525 e. The van der Waals surface area contributed by atoms with Crippen LogP contribution in [0.25, 0.3) is 0 Å². The molecule has 1 aliphatic carbocycles. The number of hydrogen-bond acceptors (Lipinski definition) is 1. The van der Waals surface area contributed by atoms with Crippen LogP contribution in [0.15, 0.2) is 36.5 Å². The third kappa shape index (κ3) is 1.58. The molecular weight excluding hydrogens is 122 g/mol. The van der Waals surface area contributed by atoms with Gasteiger partial charge in [-0.3, -0.25) is 0 Å². The zero-order valence-corrected chi connectivity index (χ0v) is 6.46. The van der Waals surface area contributed by atoms with Crippen LogP contribution in [0.3, 0.4) is 0 Å². The van der Waals surface area contributed by atoms with Crippen LogP contribution in [0.4, 0.5) is 0 Å². The quantitative estimate of drug-likeness (QED) is 0.576. The fraction of sp³-hybridized carbons (Fsp3) is 0.333. The number of likely N-dealkylation sites (N-methyl/N-ethyl adjacent to an activating group) is 1. The lowest BCUT2D eigenvalue weighted by atomic mass is 10.0. The summed E-state index contributed by atoms with van der Waals surface area (Å²) in [5.74, 6) is 0. The molecular formula is C9H13N. The van der Waals surface area contributed by atoms with Crippen LogP contribution < -0.4 is 5.32 Å². The van der Waals surface area contributed by atoms with Crippen molar-refractivity contribution in [2.45, 2.75) is 12.5 Å². The molecule has 0 saturated carbocycles. The molecule has 0 aromatic carbocycles. The van der Waals surface area contributed by atoms with Crippen molar-refractivity contribution in [3.8, 4) is 0 Å². The van der Waals surface area contributed by atoms with Crippen molar-refractivity contribution in [2.75, 3.05) is 7.05 Å². The Hall–Kier alpha value is -0.820. The van der Waals surface area contributed by atoms with Gasteiger partial charge in [-0.2, -0.15) is 0 Å². The first-order valence-electron chi connectivity index (χ1n) is 3.49. The summed E-state index contributed by atoms with van der Waals surface area (Å²) < 4.78 is 0. The Kier molecular flexibility index (Phi) is 2.07. The van der Waals surface area contributed by atoms with Crippen molar-refractivity contribution in [1.29, 1.82) is 0 Å². The minimum atomic E-state index is 0.0312. The fourth-order valence-corrected chi connectivity index (χ4v) is 0.861. The van der Waals surface area contributed by atoms with Gasteiger partial charge in [0, 0.05) is 0 Å². The van der Waals surface area contributed by atoms with Crippen LogP contribution in [0, 0.1) is 0 Å². The molecule has 0 spiro atoms. The molecule has 0 amide bonds. The Labute approximate surface area is 62.1 Å². The summed E-state index contributed by atoms with van der Waals surface area (Å²) in [7, 11) is 1.96. The van der Waals surface area contributed by atoms with E-state index >= 15 is 0 Å². The van der Waals surface area contributed by atoms with Gasteiger partial charge in [0.25, 0.3) is 0 Å². The third-order valence-corrected chi connectivity index (χ3v) is 1.76. The molecule has 0 heterocycles. The second-order valence-corrected chi connectivity index (χ2v) is 2.64. The van der Waals surface area contributed by atoms with E-state index in [0.717, 1.165) is 0 Å². The van der Waals surface area contributed by atoms with E-state index in [1.54, 1.807) is 0 Å². The van der Waals surface area contributed by atoms with Gasteiger partial charge in [-0.1, -0.05) is 36.5 Å². The van der Waals surface area contributed by atoms with Crippen molar-refractivity contribution in [2.24, 2.45) is 0 Å². The molecule has 1 N–H and O–H groups in total. The Morgan fingerprint density at radius 1 is 1.00 bits per heavy atom. The van der Waals surface area contributed by atoms with Gasteiger partial charge < -0.3 is 5.32 Å². The maximum atomic E-state index is 3.21. The van der Waals surface area contributed by atoms with Gasteiger partial charge in [0.15, 0.2) is 0 Å².